The molecule has 1 N–H and O–H groups in total. The van der Waals surface area contributed by atoms with E-state index in [-0.39, 0.29) is 5.41 Å². The molecule has 0 saturated carbocycles. The maximum atomic E-state index is 10.1. The van der Waals surface area contributed by atoms with Gasteiger partial charge < -0.3 is 5.11 Å². The van der Waals surface area contributed by atoms with E-state index in [0.29, 0.717) is 6.42 Å². The van der Waals surface area contributed by atoms with E-state index in [1.807, 2.05) is 47.6 Å². The highest BCUT2D eigenvalue weighted by atomic mass is 16.3. The highest BCUT2D eigenvalue weighted by Crippen LogP contribution is 2.38. The number of nitriles is 1. The van der Waals surface area contributed by atoms with Gasteiger partial charge in [0.2, 0.25) is 0 Å². The Morgan fingerprint density at radius 2 is 1.46 bits per heavy atom. The molecule has 0 bridgehead atoms. The molecular weight excluding hydrogens is 162 g/mol. The Morgan fingerprint density at radius 1 is 1.08 bits per heavy atom. The van der Waals surface area contributed by atoms with E-state index in [1.54, 1.807) is 0 Å². The molecule has 0 rings (SSSR count). The molecule has 13 heavy (non-hydrogen) atoms. The van der Waals surface area contributed by atoms with E-state index in [2.05, 4.69) is 0 Å². The van der Waals surface area contributed by atoms with Gasteiger partial charge in [-0.25, -0.2) is 0 Å². The minimum Gasteiger partial charge on any atom is -0.375 e. The zero-order valence-electron chi connectivity index (χ0n) is 9.60. The first-order valence-corrected chi connectivity index (χ1v) is 4.65. The van der Waals surface area contributed by atoms with Crippen LogP contribution in [0.1, 0.15) is 48.0 Å². The third kappa shape index (κ3) is 3.36. The summed E-state index contributed by atoms with van der Waals surface area (Å²) in [6.45, 7) is 11.8. The first-order valence-electron chi connectivity index (χ1n) is 4.65. The van der Waals surface area contributed by atoms with Gasteiger partial charge in [0.05, 0.1) is 6.07 Å². The van der Waals surface area contributed by atoms with E-state index >= 15 is 0 Å². The van der Waals surface area contributed by atoms with Crippen molar-refractivity contribution < 1.29 is 5.11 Å². The molecule has 0 aromatic heterocycles. The summed E-state index contributed by atoms with van der Waals surface area (Å²) in [4.78, 5) is 0. The third-order valence-electron chi connectivity index (χ3n) is 2.21. The molecule has 2 nitrogen and oxygen atoms in total. The monoisotopic (exact) mass is 183 g/mol. The Morgan fingerprint density at radius 3 is 1.54 bits per heavy atom. The lowest BCUT2D eigenvalue weighted by atomic mass is 9.69. The topological polar surface area (TPSA) is 44.0 Å². The summed E-state index contributed by atoms with van der Waals surface area (Å²) in [6, 6.07) is 2.03. The van der Waals surface area contributed by atoms with Gasteiger partial charge in [0, 0.05) is 5.41 Å². The molecule has 0 aliphatic rings. The average Bonchev–Trinajstić information content (AvgIpc) is 1.81. The van der Waals surface area contributed by atoms with Crippen molar-refractivity contribution in [2.75, 3.05) is 0 Å². The van der Waals surface area contributed by atoms with Crippen molar-refractivity contribution in [3.8, 4) is 6.07 Å². The van der Waals surface area contributed by atoms with Crippen LogP contribution in [0.2, 0.25) is 0 Å². The van der Waals surface area contributed by atoms with Gasteiger partial charge in [0.15, 0.2) is 5.60 Å². The van der Waals surface area contributed by atoms with Crippen LogP contribution in [0.4, 0.5) is 0 Å². The zero-order valence-corrected chi connectivity index (χ0v) is 9.60. The largest absolute Gasteiger partial charge is 0.375 e. The predicted molar refractivity (Wildman–Crippen MR) is 54.1 cm³/mol. The molecule has 0 aromatic carbocycles. The van der Waals surface area contributed by atoms with Crippen LogP contribution in [0.15, 0.2) is 0 Å². The summed E-state index contributed by atoms with van der Waals surface area (Å²) in [5.74, 6) is 0. The molecule has 0 spiro atoms. The standard InChI is InChI=1S/C11H21NO/c1-9(2,3)7-11(13,8-12)10(4,5)6/h13H,7H2,1-6H3/t11-/m1/s1. The number of hydrogen-bond donors (Lipinski definition) is 1. The van der Waals surface area contributed by atoms with Crippen LogP contribution < -0.4 is 0 Å². The molecule has 0 unspecified atom stereocenters. The van der Waals surface area contributed by atoms with Gasteiger partial charge in [-0.05, 0) is 11.8 Å². The first-order chi connectivity index (χ1) is 5.52. The van der Waals surface area contributed by atoms with Crippen molar-refractivity contribution in [2.24, 2.45) is 10.8 Å². The van der Waals surface area contributed by atoms with Crippen LogP contribution in [0.3, 0.4) is 0 Å². The number of nitrogens with zero attached hydrogens (tertiary/aromatic N) is 1. The fourth-order valence-corrected chi connectivity index (χ4v) is 1.24. The Hall–Kier alpha value is -0.550. The van der Waals surface area contributed by atoms with Gasteiger partial charge in [-0.3, -0.25) is 0 Å². The second-order valence-corrected chi connectivity index (χ2v) is 5.96. The normalized spacial score (nSPS) is 17.7. The molecule has 0 fully saturated rings. The van der Waals surface area contributed by atoms with Crippen molar-refractivity contribution in [2.45, 2.75) is 53.6 Å². The second-order valence-electron chi connectivity index (χ2n) is 5.96. The molecular formula is C11H21NO. The fourth-order valence-electron chi connectivity index (χ4n) is 1.24. The molecule has 0 saturated heterocycles. The minimum atomic E-state index is -1.23. The quantitative estimate of drug-likeness (QED) is 0.635. The van der Waals surface area contributed by atoms with Crippen LogP contribution in [0.25, 0.3) is 0 Å². The lowest BCUT2D eigenvalue weighted by Crippen LogP contribution is -2.44. The van der Waals surface area contributed by atoms with E-state index in [0.717, 1.165) is 0 Å². The number of rotatable bonds is 1. The Balaban J connectivity index is 4.81. The van der Waals surface area contributed by atoms with Gasteiger partial charge in [0.1, 0.15) is 0 Å². The lowest BCUT2D eigenvalue weighted by molar-refractivity contribution is -0.0368. The average molecular weight is 183 g/mol. The van der Waals surface area contributed by atoms with Crippen molar-refractivity contribution in [3.05, 3.63) is 0 Å². The first kappa shape index (κ1) is 12.4. The van der Waals surface area contributed by atoms with Crippen molar-refractivity contribution in [1.82, 2.24) is 0 Å². The van der Waals surface area contributed by atoms with E-state index in [9.17, 15) is 5.11 Å². The molecule has 0 aromatic rings. The highest BCUT2D eigenvalue weighted by Gasteiger charge is 2.42. The molecule has 0 radical (unpaired) electrons. The van der Waals surface area contributed by atoms with Gasteiger partial charge in [-0.1, -0.05) is 41.5 Å². The molecule has 0 heterocycles. The maximum absolute atomic E-state index is 10.1. The van der Waals surface area contributed by atoms with Crippen LogP contribution in [-0.2, 0) is 0 Å². The highest BCUT2D eigenvalue weighted by molar-refractivity contribution is 5.09. The van der Waals surface area contributed by atoms with Crippen LogP contribution in [0.5, 0.6) is 0 Å². The van der Waals surface area contributed by atoms with Crippen molar-refractivity contribution >= 4 is 0 Å². The maximum Gasteiger partial charge on any atom is 0.156 e. The summed E-state index contributed by atoms with van der Waals surface area (Å²) in [5, 5.41) is 19.1. The Bertz CT molecular complexity index is 214. The fraction of sp³-hybridized carbons (Fsp3) is 0.909. The second kappa shape index (κ2) is 3.31. The smallest absolute Gasteiger partial charge is 0.156 e. The summed E-state index contributed by atoms with van der Waals surface area (Å²) in [6.07, 6.45) is 0.500. The molecule has 0 aliphatic carbocycles. The molecule has 76 valence electrons. The SMILES string of the molecule is CC(C)(C)C[C@@](O)(C#N)C(C)(C)C. The van der Waals surface area contributed by atoms with Gasteiger partial charge in [-0.2, -0.15) is 5.26 Å². The van der Waals surface area contributed by atoms with Crippen LogP contribution in [-0.4, -0.2) is 10.7 Å². The van der Waals surface area contributed by atoms with E-state index in [1.165, 1.54) is 0 Å². The van der Waals surface area contributed by atoms with Gasteiger partial charge in [0.25, 0.3) is 0 Å². The van der Waals surface area contributed by atoms with Gasteiger partial charge in [-0.15, -0.1) is 0 Å². The lowest BCUT2D eigenvalue weighted by Gasteiger charge is -2.38. The molecule has 2 heteroatoms. The summed E-state index contributed by atoms with van der Waals surface area (Å²) >= 11 is 0. The summed E-state index contributed by atoms with van der Waals surface area (Å²) in [5.41, 5.74) is -1.65. The zero-order chi connectivity index (χ0) is 10.9. The molecule has 0 aliphatic heterocycles. The number of aliphatic hydroxyl groups is 1. The van der Waals surface area contributed by atoms with Crippen molar-refractivity contribution in [3.63, 3.8) is 0 Å². The minimum absolute atomic E-state index is 0.0300. The van der Waals surface area contributed by atoms with E-state index < -0.39 is 11.0 Å². The van der Waals surface area contributed by atoms with Crippen LogP contribution in [0, 0.1) is 22.2 Å². The summed E-state index contributed by atoms with van der Waals surface area (Å²) < 4.78 is 0. The van der Waals surface area contributed by atoms with Crippen LogP contribution >= 0.6 is 0 Å². The van der Waals surface area contributed by atoms with Crippen molar-refractivity contribution in [1.29, 1.82) is 5.26 Å². The predicted octanol–water partition coefficient (Wildman–Crippen LogP) is 2.72. The van der Waals surface area contributed by atoms with E-state index in [4.69, 9.17) is 5.26 Å². The molecule has 0 amide bonds. The van der Waals surface area contributed by atoms with Gasteiger partial charge >= 0.3 is 0 Å². The Kier molecular flexibility index (Phi) is 3.17. The number of hydrogen-bond acceptors (Lipinski definition) is 2. The third-order valence-corrected chi connectivity index (χ3v) is 2.21. The Labute approximate surface area is 81.6 Å². The molecule has 1 atom stereocenters. The summed E-state index contributed by atoms with van der Waals surface area (Å²) in [7, 11) is 0.